The van der Waals surface area contributed by atoms with Crippen LogP contribution in [-0.4, -0.2) is 28.6 Å². The number of hydrogen-bond donors (Lipinski definition) is 2. The zero-order valence-electron chi connectivity index (χ0n) is 15.5. The fourth-order valence-corrected chi connectivity index (χ4v) is 4.51. The summed E-state index contributed by atoms with van der Waals surface area (Å²) in [6.07, 6.45) is 0. The summed E-state index contributed by atoms with van der Waals surface area (Å²) in [5, 5.41) is 2.98. The van der Waals surface area contributed by atoms with E-state index < -0.39 is 10.0 Å². The zero-order chi connectivity index (χ0) is 19.3. The quantitative estimate of drug-likeness (QED) is 0.601. The van der Waals surface area contributed by atoms with Crippen LogP contribution in [0.3, 0.4) is 0 Å². The highest BCUT2D eigenvalue weighted by molar-refractivity contribution is 9.10. The minimum absolute atomic E-state index is 0.119. The summed E-state index contributed by atoms with van der Waals surface area (Å²) in [5.41, 5.74) is 2.43. The Morgan fingerprint density at radius 2 is 1.81 bits per heavy atom. The molecule has 0 unspecified atom stereocenters. The van der Waals surface area contributed by atoms with Crippen molar-refractivity contribution in [2.24, 2.45) is 0 Å². The highest BCUT2D eigenvalue weighted by Gasteiger charge is 2.22. The summed E-state index contributed by atoms with van der Waals surface area (Å²) in [7, 11) is -1.97. The van der Waals surface area contributed by atoms with Crippen molar-refractivity contribution in [1.82, 2.24) is 5.32 Å². The number of anilines is 1. The minimum atomic E-state index is -3.78. The van der Waals surface area contributed by atoms with E-state index in [1.54, 1.807) is 18.2 Å². The van der Waals surface area contributed by atoms with Gasteiger partial charge in [0.1, 0.15) is 17.3 Å². The van der Waals surface area contributed by atoms with Crippen LogP contribution in [0.4, 0.5) is 5.69 Å². The summed E-state index contributed by atoms with van der Waals surface area (Å²) in [4.78, 5) is 0.119. The van der Waals surface area contributed by atoms with Crippen LogP contribution >= 0.6 is 15.9 Å². The van der Waals surface area contributed by atoms with Crippen molar-refractivity contribution in [3.05, 3.63) is 52.0 Å². The fraction of sp³-hybridized carbons (Fsp3) is 0.368. The number of nitrogens with one attached hydrogen (secondary N) is 2. The van der Waals surface area contributed by atoms with Crippen LogP contribution in [0.1, 0.15) is 30.9 Å². The second-order valence-corrected chi connectivity index (χ2v) is 8.95. The minimum Gasteiger partial charge on any atom is -0.491 e. The smallest absolute Gasteiger partial charge is 0.265 e. The van der Waals surface area contributed by atoms with Gasteiger partial charge in [-0.15, -0.1) is 0 Å². The molecule has 142 valence electrons. The second-order valence-electron chi connectivity index (χ2n) is 6.38. The molecule has 0 saturated heterocycles. The standard InChI is InChI=1S/C19H25BrN2O3S/c1-13(2)15-5-7-17(8-6-15)22-26(23,24)18-12-16(20)11-14(3)19(18)25-10-9-21-4/h5-8,11-13,21-22H,9-10H2,1-4H3. The number of aryl methyl sites for hydroxylation is 1. The number of rotatable bonds is 8. The van der Waals surface area contributed by atoms with Crippen LogP contribution < -0.4 is 14.8 Å². The van der Waals surface area contributed by atoms with Gasteiger partial charge in [-0.3, -0.25) is 4.72 Å². The van der Waals surface area contributed by atoms with Crippen LogP contribution in [-0.2, 0) is 10.0 Å². The van der Waals surface area contributed by atoms with Gasteiger partial charge >= 0.3 is 0 Å². The van der Waals surface area contributed by atoms with Gasteiger partial charge in [-0.2, -0.15) is 0 Å². The summed E-state index contributed by atoms with van der Waals surface area (Å²) in [6.45, 7) is 7.02. The molecule has 0 aliphatic carbocycles. The summed E-state index contributed by atoms with van der Waals surface area (Å²) < 4.78 is 35.0. The van der Waals surface area contributed by atoms with Gasteiger partial charge in [0, 0.05) is 16.7 Å². The third-order valence-electron chi connectivity index (χ3n) is 3.92. The van der Waals surface area contributed by atoms with E-state index in [0.717, 1.165) is 11.1 Å². The van der Waals surface area contributed by atoms with Crippen molar-refractivity contribution in [2.75, 3.05) is 24.9 Å². The Kier molecular flexibility index (Phi) is 7.08. The predicted molar refractivity (Wildman–Crippen MR) is 110 cm³/mol. The lowest BCUT2D eigenvalue weighted by atomic mass is 10.0. The lowest BCUT2D eigenvalue weighted by Crippen LogP contribution is -2.19. The van der Waals surface area contributed by atoms with Crippen LogP contribution in [0.15, 0.2) is 45.8 Å². The Labute approximate surface area is 164 Å². The van der Waals surface area contributed by atoms with Gasteiger partial charge in [0.25, 0.3) is 10.0 Å². The molecule has 5 nitrogen and oxygen atoms in total. The Morgan fingerprint density at radius 1 is 1.15 bits per heavy atom. The molecule has 7 heteroatoms. The lowest BCUT2D eigenvalue weighted by molar-refractivity contribution is 0.308. The van der Waals surface area contributed by atoms with E-state index >= 15 is 0 Å². The molecule has 0 heterocycles. The molecule has 2 aromatic carbocycles. The SMILES string of the molecule is CNCCOc1c(C)cc(Br)cc1S(=O)(=O)Nc1ccc(C(C)C)cc1. The van der Waals surface area contributed by atoms with Crippen LogP contribution in [0, 0.1) is 6.92 Å². The van der Waals surface area contributed by atoms with Crippen molar-refractivity contribution >= 4 is 31.6 Å². The monoisotopic (exact) mass is 440 g/mol. The molecule has 0 bridgehead atoms. The number of benzene rings is 2. The van der Waals surface area contributed by atoms with E-state index in [4.69, 9.17) is 4.74 Å². The van der Waals surface area contributed by atoms with E-state index in [0.29, 0.717) is 35.0 Å². The molecule has 0 amide bonds. The highest BCUT2D eigenvalue weighted by Crippen LogP contribution is 2.33. The Bertz CT molecular complexity index is 850. The molecule has 0 spiro atoms. The van der Waals surface area contributed by atoms with Crippen molar-refractivity contribution in [3.8, 4) is 5.75 Å². The third kappa shape index (κ3) is 5.22. The van der Waals surface area contributed by atoms with Crippen molar-refractivity contribution in [2.45, 2.75) is 31.6 Å². The molecule has 0 radical (unpaired) electrons. The van der Waals surface area contributed by atoms with Crippen molar-refractivity contribution in [3.63, 3.8) is 0 Å². The number of sulfonamides is 1. The highest BCUT2D eigenvalue weighted by atomic mass is 79.9. The predicted octanol–water partition coefficient (Wildman–Crippen LogP) is 4.28. The zero-order valence-corrected chi connectivity index (χ0v) is 17.9. The largest absolute Gasteiger partial charge is 0.491 e. The van der Waals surface area contributed by atoms with Gasteiger partial charge in [0.2, 0.25) is 0 Å². The molecule has 0 fully saturated rings. The van der Waals surface area contributed by atoms with E-state index in [1.807, 2.05) is 32.2 Å². The van der Waals surface area contributed by atoms with Gasteiger partial charge in [0.05, 0.1) is 0 Å². The van der Waals surface area contributed by atoms with Gasteiger partial charge in [-0.1, -0.05) is 41.9 Å². The Morgan fingerprint density at radius 3 is 2.38 bits per heavy atom. The summed E-state index contributed by atoms with van der Waals surface area (Å²) in [5.74, 6) is 0.760. The first-order chi connectivity index (χ1) is 12.2. The molecule has 26 heavy (non-hydrogen) atoms. The van der Waals surface area contributed by atoms with Crippen LogP contribution in [0.2, 0.25) is 0 Å². The van der Waals surface area contributed by atoms with Gasteiger partial charge in [-0.25, -0.2) is 8.42 Å². The average molecular weight is 441 g/mol. The number of likely N-dealkylation sites (N-methyl/N-ethyl adjacent to an activating group) is 1. The topological polar surface area (TPSA) is 67.4 Å². The first kappa shape index (κ1) is 20.7. The Hall–Kier alpha value is -1.57. The maximum Gasteiger partial charge on any atom is 0.265 e. The lowest BCUT2D eigenvalue weighted by Gasteiger charge is -2.16. The second kappa shape index (κ2) is 8.88. The van der Waals surface area contributed by atoms with Crippen LogP contribution in [0.5, 0.6) is 5.75 Å². The van der Waals surface area contributed by atoms with E-state index in [2.05, 4.69) is 39.8 Å². The van der Waals surface area contributed by atoms with Crippen molar-refractivity contribution in [1.29, 1.82) is 0 Å². The number of halogens is 1. The third-order valence-corrected chi connectivity index (χ3v) is 5.77. The average Bonchev–Trinajstić information content (AvgIpc) is 2.56. The molecule has 0 aliphatic rings. The molecule has 0 aliphatic heterocycles. The van der Waals surface area contributed by atoms with E-state index in [9.17, 15) is 8.42 Å². The molecular formula is C19H25BrN2O3S. The molecule has 0 saturated carbocycles. The summed E-state index contributed by atoms with van der Waals surface area (Å²) >= 11 is 3.37. The molecule has 0 aromatic heterocycles. The van der Waals surface area contributed by atoms with Gasteiger partial charge in [0.15, 0.2) is 0 Å². The molecule has 2 N–H and O–H groups in total. The van der Waals surface area contributed by atoms with Crippen LogP contribution in [0.25, 0.3) is 0 Å². The maximum atomic E-state index is 13.0. The molecular weight excluding hydrogens is 416 g/mol. The number of ether oxygens (including phenoxy) is 1. The normalized spacial score (nSPS) is 11.6. The summed E-state index contributed by atoms with van der Waals surface area (Å²) in [6, 6.07) is 10.8. The van der Waals surface area contributed by atoms with Crippen molar-refractivity contribution < 1.29 is 13.2 Å². The Balaban J connectivity index is 2.35. The fourth-order valence-electron chi connectivity index (χ4n) is 2.49. The first-order valence-corrected chi connectivity index (χ1v) is 10.7. The van der Waals surface area contributed by atoms with Gasteiger partial charge in [-0.05, 0) is 55.3 Å². The van der Waals surface area contributed by atoms with Gasteiger partial charge < -0.3 is 10.1 Å². The molecule has 0 atom stereocenters. The van der Waals surface area contributed by atoms with E-state index in [1.165, 1.54) is 0 Å². The number of hydrogen-bond acceptors (Lipinski definition) is 4. The maximum absolute atomic E-state index is 13.0. The molecule has 2 aromatic rings. The first-order valence-electron chi connectivity index (χ1n) is 8.45. The van der Waals surface area contributed by atoms with E-state index in [-0.39, 0.29) is 4.90 Å². The molecule has 2 rings (SSSR count).